The number of hydrogen-bond donors (Lipinski definition) is 0. The Balaban J connectivity index is 2.03. The van der Waals surface area contributed by atoms with Crippen molar-refractivity contribution in [3.05, 3.63) is 79.7 Å². The zero-order valence-electron chi connectivity index (χ0n) is 14.1. The van der Waals surface area contributed by atoms with E-state index in [1.807, 2.05) is 38.1 Å². The van der Waals surface area contributed by atoms with Gasteiger partial charge >= 0.3 is 0 Å². The van der Waals surface area contributed by atoms with Crippen LogP contribution in [0.25, 0.3) is 11.0 Å². The zero-order chi connectivity index (χ0) is 17.9. The summed E-state index contributed by atoms with van der Waals surface area (Å²) in [6, 6.07) is 10.7. The first-order valence-electron chi connectivity index (χ1n) is 7.99. The lowest BCUT2D eigenvalue weighted by Gasteiger charge is -2.20. The molecule has 3 aromatic rings. The fraction of sp³-hybridized carbons (Fsp3) is 0.200. The van der Waals surface area contributed by atoms with Crippen LogP contribution in [0.1, 0.15) is 38.9 Å². The van der Waals surface area contributed by atoms with Crippen LogP contribution in [0.15, 0.2) is 45.6 Å². The smallest absolute Gasteiger partial charge is 0.290 e. The van der Waals surface area contributed by atoms with E-state index in [-0.39, 0.29) is 17.1 Å². The van der Waals surface area contributed by atoms with Crippen molar-refractivity contribution in [3.63, 3.8) is 0 Å². The lowest BCUT2D eigenvalue weighted by molar-refractivity contribution is 0.0771. The molecular weight excluding hydrogens is 338 g/mol. The Morgan fingerprint density at radius 2 is 1.76 bits per heavy atom. The van der Waals surface area contributed by atoms with E-state index in [4.69, 9.17) is 16.0 Å². The Labute approximate surface area is 149 Å². The normalized spacial score (nSPS) is 16.6. The van der Waals surface area contributed by atoms with Gasteiger partial charge in [0.2, 0.25) is 5.76 Å². The Hall–Kier alpha value is -2.59. The standard InChI is InChI=1S/C20H16ClNO3/c1-10-4-6-12(7-5-10)17-16-18(23)13-9-14(21)11(2)8-15(13)25-19(16)20(24)22(17)3/h4-9,17H,1-3H3/t17-/m0/s1. The summed E-state index contributed by atoms with van der Waals surface area (Å²) < 4.78 is 5.83. The third-order valence-electron chi connectivity index (χ3n) is 4.78. The molecule has 5 heteroatoms. The van der Waals surface area contributed by atoms with Gasteiger partial charge in [0.05, 0.1) is 17.0 Å². The fourth-order valence-electron chi connectivity index (χ4n) is 3.35. The van der Waals surface area contributed by atoms with Crippen LogP contribution in [0.3, 0.4) is 0 Å². The summed E-state index contributed by atoms with van der Waals surface area (Å²) in [6.07, 6.45) is 0. The van der Waals surface area contributed by atoms with Crippen molar-refractivity contribution in [2.75, 3.05) is 7.05 Å². The quantitative estimate of drug-likeness (QED) is 0.657. The predicted molar refractivity (Wildman–Crippen MR) is 97.3 cm³/mol. The van der Waals surface area contributed by atoms with Gasteiger partial charge in [0.1, 0.15) is 5.58 Å². The van der Waals surface area contributed by atoms with E-state index in [1.54, 1.807) is 24.1 Å². The van der Waals surface area contributed by atoms with E-state index in [0.29, 0.717) is 21.6 Å². The predicted octanol–water partition coefficient (Wildman–Crippen LogP) is 4.24. The van der Waals surface area contributed by atoms with Crippen molar-refractivity contribution in [1.82, 2.24) is 4.90 Å². The van der Waals surface area contributed by atoms with Crippen molar-refractivity contribution < 1.29 is 9.21 Å². The number of aryl methyl sites for hydroxylation is 2. The molecule has 4 rings (SSSR count). The number of nitrogens with zero attached hydrogens (tertiary/aromatic N) is 1. The Bertz CT molecular complexity index is 1080. The second-order valence-electron chi connectivity index (χ2n) is 6.50. The molecule has 2 aromatic carbocycles. The fourth-order valence-corrected chi connectivity index (χ4v) is 3.51. The molecule has 126 valence electrons. The third-order valence-corrected chi connectivity index (χ3v) is 5.18. The maximum atomic E-state index is 13.1. The van der Waals surface area contributed by atoms with Gasteiger partial charge in [-0.25, -0.2) is 0 Å². The van der Waals surface area contributed by atoms with Crippen LogP contribution >= 0.6 is 11.6 Å². The minimum atomic E-state index is -0.455. The van der Waals surface area contributed by atoms with Crippen LogP contribution in [0.2, 0.25) is 5.02 Å². The van der Waals surface area contributed by atoms with Crippen molar-refractivity contribution in [2.24, 2.45) is 0 Å². The highest BCUT2D eigenvalue weighted by Gasteiger charge is 2.40. The lowest BCUT2D eigenvalue weighted by atomic mass is 9.98. The average molecular weight is 354 g/mol. The monoisotopic (exact) mass is 353 g/mol. The van der Waals surface area contributed by atoms with Gasteiger partial charge in [-0.1, -0.05) is 41.4 Å². The molecule has 1 aromatic heterocycles. The molecule has 0 saturated heterocycles. The summed E-state index contributed by atoms with van der Waals surface area (Å²) in [4.78, 5) is 27.3. The highest BCUT2D eigenvalue weighted by atomic mass is 35.5. The largest absolute Gasteiger partial charge is 0.450 e. The molecule has 0 N–H and O–H groups in total. The Kier molecular flexibility index (Phi) is 3.48. The van der Waals surface area contributed by atoms with Gasteiger partial charge in [-0.2, -0.15) is 0 Å². The molecule has 0 bridgehead atoms. The molecule has 25 heavy (non-hydrogen) atoms. The molecule has 0 saturated carbocycles. The maximum Gasteiger partial charge on any atom is 0.290 e. The number of carbonyl (C=O) groups excluding carboxylic acids is 1. The van der Waals surface area contributed by atoms with Crippen LogP contribution in [-0.4, -0.2) is 17.9 Å². The molecule has 0 unspecified atom stereocenters. The Morgan fingerprint density at radius 3 is 2.44 bits per heavy atom. The summed E-state index contributed by atoms with van der Waals surface area (Å²) in [5.74, 6) is -0.167. The highest BCUT2D eigenvalue weighted by Crippen LogP contribution is 2.37. The van der Waals surface area contributed by atoms with Crippen molar-refractivity contribution in [1.29, 1.82) is 0 Å². The first-order chi connectivity index (χ1) is 11.9. The van der Waals surface area contributed by atoms with Gasteiger partial charge in [-0.3, -0.25) is 9.59 Å². The maximum absolute atomic E-state index is 13.1. The molecule has 0 spiro atoms. The molecule has 1 atom stereocenters. The molecule has 4 nitrogen and oxygen atoms in total. The summed E-state index contributed by atoms with van der Waals surface area (Å²) >= 11 is 6.18. The molecule has 0 aliphatic carbocycles. The van der Waals surface area contributed by atoms with Gasteiger partial charge in [0.25, 0.3) is 5.91 Å². The topological polar surface area (TPSA) is 50.5 Å². The Morgan fingerprint density at radius 1 is 1.08 bits per heavy atom. The third kappa shape index (κ3) is 2.29. The number of hydrogen-bond acceptors (Lipinski definition) is 3. The number of fused-ring (bicyclic) bond motifs is 2. The minimum absolute atomic E-state index is 0.118. The van der Waals surface area contributed by atoms with Gasteiger partial charge in [0.15, 0.2) is 5.43 Å². The van der Waals surface area contributed by atoms with E-state index in [9.17, 15) is 9.59 Å². The van der Waals surface area contributed by atoms with Gasteiger partial charge in [0, 0.05) is 12.1 Å². The van der Waals surface area contributed by atoms with Crippen LogP contribution in [0, 0.1) is 13.8 Å². The molecule has 0 fully saturated rings. The number of halogens is 1. The van der Waals surface area contributed by atoms with Crippen molar-refractivity contribution in [2.45, 2.75) is 19.9 Å². The van der Waals surface area contributed by atoms with E-state index < -0.39 is 6.04 Å². The van der Waals surface area contributed by atoms with Gasteiger partial charge in [-0.15, -0.1) is 0 Å². The van der Waals surface area contributed by atoms with E-state index in [1.165, 1.54) is 0 Å². The molecule has 2 heterocycles. The first kappa shape index (κ1) is 15.9. The second-order valence-corrected chi connectivity index (χ2v) is 6.91. The minimum Gasteiger partial charge on any atom is -0.450 e. The summed E-state index contributed by atoms with van der Waals surface area (Å²) in [5, 5.41) is 0.902. The summed E-state index contributed by atoms with van der Waals surface area (Å²) in [5.41, 5.74) is 3.35. The van der Waals surface area contributed by atoms with Gasteiger partial charge < -0.3 is 9.32 Å². The van der Waals surface area contributed by atoms with E-state index >= 15 is 0 Å². The van der Waals surface area contributed by atoms with E-state index in [0.717, 1.165) is 16.7 Å². The van der Waals surface area contributed by atoms with Crippen LogP contribution in [0.4, 0.5) is 0 Å². The molecule has 0 radical (unpaired) electrons. The average Bonchev–Trinajstić information content (AvgIpc) is 2.83. The number of amides is 1. The zero-order valence-corrected chi connectivity index (χ0v) is 14.8. The van der Waals surface area contributed by atoms with E-state index in [2.05, 4.69) is 0 Å². The SMILES string of the molecule is Cc1ccc([C@H]2c3c(oc4cc(C)c(Cl)cc4c3=O)C(=O)N2C)cc1. The number of benzene rings is 2. The van der Waals surface area contributed by atoms with Crippen molar-refractivity contribution >= 4 is 28.5 Å². The van der Waals surface area contributed by atoms with Crippen molar-refractivity contribution in [3.8, 4) is 0 Å². The number of rotatable bonds is 1. The molecule has 1 amide bonds. The van der Waals surface area contributed by atoms with Crippen LogP contribution < -0.4 is 5.43 Å². The summed E-state index contributed by atoms with van der Waals surface area (Å²) in [7, 11) is 1.69. The summed E-state index contributed by atoms with van der Waals surface area (Å²) in [6.45, 7) is 3.82. The second kappa shape index (κ2) is 5.46. The van der Waals surface area contributed by atoms with Gasteiger partial charge in [-0.05, 0) is 37.1 Å². The highest BCUT2D eigenvalue weighted by molar-refractivity contribution is 6.32. The molecule has 1 aliphatic heterocycles. The van der Waals surface area contributed by atoms with Crippen LogP contribution in [-0.2, 0) is 0 Å². The first-order valence-corrected chi connectivity index (χ1v) is 8.37. The number of carbonyl (C=O) groups is 1. The lowest BCUT2D eigenvalue weighted by Crippen LogP contribution is -2.25. The molecule has 1 aliphatic rings. The molecular formula is C20H16ClNO3. The van der Waals surface area contributed by atoms with Crippen LogP contribution in [0.5, 0.6) is 0 Å².